The van der Waals surface area contributed by atoms with Crippen LogP contribution in [-0.4, -0.2) is 18.2 Å². The van der Waals surface area contributed by atoms with Crippen LogP contribution in [0.4, 0.5) is 5.69 Å². The maximum atomic E-state index is 11.7. The summed E-state index contributed by atoms with van der Waals surface area (Å²) in [5, 5.41) is 13.3. The van der Waals surface area contributed by atoms with Gasteiger partial charge >= 0.3 is 5.97 Å². The quantitative estimate of drug-likeness (QED) is 0.809. The summed E-state index contributed by atoms with van der Waals surface area (Å²) < 4.78 is 5.38. The van der Waals surface area contributed by atoms with E-state index in [1.54, 1.807) is 13.2 Å². The zero-order chi connectivity index (χ0) is 17.6. The van der Waals surface area contributed by atoms with Gasteiger partial charge in [0.2, 0.25) is 0 Å². The third-order valence-electron chi connectivity index (χ3n) is 5.41. The standard InChI is InChI=1S/C21H21NO3/c1-12-9-10-17(21(23)24)18-15-7-4-8-16(15)20(22-19(12)18)13-5-3-6-14(11-13)25-2/h3-7,9-11,15-16,20,22H,8H2,1-2H3,(H,23,24)/t15-,16-,20-/m0/s1. The molecule has 1 aliphatic heterocycles. The van der Waals surface area contributed by atoms with E-state index in [0.717, 1.165) is 29.0 Å². The van der Waals surface area contributed by atoms with E-state index in [0.29, 0.717) is 11.5 Å². The van der Waals surface area contributed by atoms with Crippen LogP contribution in [0, 0.1) is 12.8 Å². The molecule has 1 heterocycles. The van der Waals surface area contributed by atoms with Crippen LogP contribution in [0.3, 0.4) is 0 Å². The molecule has 0 saturated carbocycles. The highest BCUT2D eigenvalue weighted by atomic mass is 16.5. The van der Waals surface area contributed by atoms with Crippen LogP contribution in [0.5, 0.6) is 5.75 Å². The molecule has 2 aromatic carbocycles. The first-order chi connectivity index (χ1) is 12.1. The molecule has 0 fully saturated rings. The number of allylic oxidation sites excluding steroid dienone is 2. The molecule has 4 heteroatoms. The van der Waals surface area contributed by atoms with E-state index in [2.05, 4.69) is 29.6 Å². The largest absolute Gasteiger partial charge is 0.497 e. The van der Waals surface area contributed by atoms with Gasteiger partial charge in [0, 0.05) is 11.6 Å². The molecule has 0 radical (unpaired) electrons. The first-order valence-electron chi connectivity index (χ1n) is 8.54. The van der Waals surface area contributed by atoms with E-state index in [9.17, 15) is 9.90 Å². The van der Waals surface area contributed by atoms with Crippen molar-refractivity contribution in [2.24, 2.45) is 5.92 Å². The summed E-state index contributed by atoms with van der Waals surface area (Å²) in [6.07, 6.45) is 5.28. The number of fused-ring (bicyclic) bond motifs is 3. The second kappa shape index (κ2) is 5.96. The molecule has 128 valence electrons. The molecule has 0 bridgehead atoms. The number of ether oxygens (including phenoxy) is 1. The van der Waals surface area contributed by atoms with Crippen molar-refractivity contribution in [2.75, 3.05) is 12.4 Å². The van der Waals surface area contributed by atoms with Gasteiger partial charge in [-0.2, -0.15) is 0 Å². The Morgan fingerprint density at radius 1 is 1.28 bits per heavy atom. The Balaban J connectivity index is 1.85. The van der Waals surface area contributed by atoms with Gasteiger partial charge in [-0.3, -0.25) is 0 Å². The highest BCUT2D eigenvalue weighted by Crippen LogP contribution is 2.51. The molecule has 25 heavy (non-hydrogen) atoms. The summed E-state index contributed by atoms with van der Waals surface area (Å²) >= 11 is 0. The number of carboxylic acid groups (broad SMARTS) is 1. The van der Waals surface area contributed by atoms with Crippen molar-refractivity contribution >= 4 is 11.7 Å². The third-order valence-corrected chi connectivity index (χ3v) is 5.41. The van der Waals surface area contributed by atoms with Gasteiger partial charge in [-0.1, -0.05) is 30.4 Å². The highest BCUT2D eigenvalue weighted by Gasteiger charge is 2.40. The molecular formula is C21H21NO3. The molecule has 0 aromatic heterocycles. The number of carbonyl (C=O) groups is 1. The number of methoxy groups -OCH3 is 1. The summed E-state index contributed by atoms with van der Waals surface area (Å²) in [5.74, 6) is 0.401. The summed E-state index contributed by atoms with van der Waals surface area (Å²) in [6, 6.07) is 11.9. The minimum absolute atomic E-state index is 0.124. The van der Waals surface area contributed by atoms with E-state index < -0.39 is 5.97 Å². The van der Waals surface area contributed by atoms with Gasteiger partial charge < -0.3 is 15.2 Å². The number of carboxylic acids is 1. The van der Waals surface area contributed by atoms with Crippen molar-refractivity contribution in [1.29, 1.82) is 0 Å². The van der Waals surface area contributed by atoms with Crippen molar-refractivity contribution in [3.8, 4) is 5.75 Å². The Hall–Kier alpha value is -2.75. The first-order valence-corrected chi connectivity index (χ1v) is 8.54. The lowest BCUT2D eigenvalue weighted by molar-refractivity contribution is 0.0695. The summed E-state index contributed by atoms with van der Waals surface area (Å²) in [7, 11) is 1.67. The van der Waals surface area contributed by atoms with E-state index in [1.807, 2.05) is 25.1 Å². The van der Waals surface area contributed by atoms with Gasteiger partial charge in [-0.05, 0) is 54.2 Å². The van der Waals surface area contributed by atoms with Crippen LogP contribution in [-0.2, 0) is 0 Å². The summed E-state index contributed by atoms with van der Waals surface area (Å²) in [5.41, 5.74) is 4.53. The third kappa shape index (κ3) is 2.49. The first kappa shape index (κ1) is 15.8. The lowest BCUT2D eigenvalue weighted by Crippen LogP contribution is -2.31. The van der Waals surface area contributed by atoms with E-state index >= 15 is 0 Å². The summed E-state index contributed by atoms with van der Waals surface area (Å²) in [4.78, 5) is 11.7. The molecule has 4 rings (SSSR count). The van der Waals surface area contributed by atoms with Crippen LogP contribution in [0.2, 0.25) is 0 Å². The Labute approximate surface area is 147 Å². The van der Waals surface area contributed by atoms with Crippen LogP contribution in [0.15, 0.2) is 48.6 Å². The van der Waals surface area contributed by atoms with E-state index in [4.69, 9.17) is 4.74 Å². The molecule has 2 aromatic rings. The minimum Gasteiger partial charge on any atom is -0.497 e. The SMILES string of the molecule is COc1cccc([C@@H]2Nc3c(C)ccc(C(=O)O)c3[C@H]3C=CC[C@@H]32)c1. The second-order valence-electron chi connectivity index (χ2n) is 6.78. The van der Waals surface area contributed by atoms with Crippen LogP contribution >= 0.6 is 0 Å². The Morgan fingerprint density at radius 3 is 2.88 bits per heavy atom. The van der Waals surface area contributed by atoms with Gasteiger partial charge in [-0.25, -0.2) is 4.79 Å². The van der Waals surface area contributed by atoms with Crippen molar-refractivity contribution in [2.45, 2.75) is 25.3 Å². The maximum absolute atomic E-state index is 11.7. The molecule has 2 N–H and O–H groups in total. The topological polar surface area (TPSA) is 58.6 Å². The molecule has 0 spiro atoms. The zero-order valence-corrected chi connectivity index (χ0v) is 14.3. The molecule has 0 unspecified atom stereocenters. The number of hydrogen-bond acceptors (Lipinski definition) is 3. The molecule has 4 nitrogen and oxygen atoms in total. The Morgan fingerprint density at radius 2 is 2.12 bits per heavy atom. The number of anilines is 1. The normalized spacial score (nSPS) is 23.5. The predicted octanol–water partition coefficient (Wildman–Crippen LogP) is 4.53. The van der Waals surface area contributed by atoms with Crippen molar-refractivity contribution in [1.82, 2.24) is 0 Å². The fourth-order valence-electron chi connectivity index (χ4n) is 4.21. The number of aromatic carboxylic acids is 1. The van der Waals surface area contributed by atoms with Crippen molar-refractivity contribution < 1.29 is 14.6 Å². The average molecular weight is 335 g/mol. The molecular weight excluding hydrogens is 314 g/mol. The van der Waals surface area contributed by atoms with E-state index in [1.165, 1.54) is 5.56 Å². The Kier molecular flexibility index (Phi) is 3.75. The van der Waals surface area contributed by atoms with Gasteiger partial charge in [0.05, 0.1) is 18.7 Å². The van der Waals surface area contributed by atoms with Crippen LogP contribution in [0.1, 0.15) is 45.4 Å². The fraction of sp³-hybridized carbons (Fsp3) is 0.286. The van der Waals surface area contributed by atoms with Crippen molar-refractivity contribution in [3.05, 3.63) is 70.8 Å². The lowest BCUT2D eigenvalue weighted by Gasteiger charge is -2.39. The average Bonchev–Trinajstić information content (AvgIpc) is 3.11. The van der Waals surface area contributed by atoms with Crippen LogP contribution < -0.4 is 10.1 Å². The van der Waals surface area contributed by atoms with Crippen LogP contribution in [0.25, 0.3) is 0 Å². The molecule has 1 aliphatic carbocycles. The predicted molar refractivity (Wildman–Crippen MR) is 97.5 cm³/mol. The lowest BCUT2D eigenvalue weighted by atomic mass is 9.74. The van der Waals surface area contributed by atoms with Gasteiger partial charge in [-0.15, -0.1) is 0 Å². The molecule has 3 atom stereocenters. The highest BCUT2D eigenvalue weighted by molar-refractivity contribution is 5.93. The number of rotatable bonds is 3. The number of aryl methyl sites for hydroxylation is 1. The minimum atomic E-state index is -0.864. The van der Waals surface area contributed by atoms with E-state index in [-0.39, 0.29) is 12.0 Å². The number of nitrogens with one attached hydrogen (secondary N) is 1. The van der Waals surface area contributed by atoms with Gasteiger partial charge in [0.25, 0.3) is 0 Å². The molecule has 2 aliphatic rings. The molecule has 0 saturated heterocycles. The molecule has 0 amide bonds. The maximum Gasteiger partial charge on any atom is 0.336 e. The number of hydrogen-bond donors (Lipinski definition) is 2. The zero-order valence-electron chi connectivity index (χ0n) is 14.3. The monoisotopic (exact) mass is 335 g/mol. The van der Waals surface area contributed by atoms with Crippen molar-refractivity contribution in [3.63, 3.8) is 0 Å². The van der Waals surface area contributed by atoms with Gasteiger partial charge in [0.15, 0.2) is 0 Å². The Bertz CT molecular complexity index is 871. The summed E-state index contributed by atoms with van der Waals surface area (Å²) in [6.45, 7) is 2.03. The van der Waals surface area contributed by atoms with Gasteiger partial charge in [0.1, 0.15) is 5.75 Å². The smallest absolute Gasteiger partial charge is 0.336 e. The second-order valence-corrected chi connectivity index (χ2v) is 6.78. The fourth-order valence-corrected chi connectivity index (χ4v) is 4.21. The number of benzene rings is 2.